The zero-order valence-corrected chi connectivity index (χ0v) is 10.8. The molecule has 0 amide bonds. The number of rotatable bonds is 2. The van der Waals surface area contributed by atoms with Gasteiger partial charge in [0.1, 0.15) is 5.82 Å². The molecule has 0 saturated carbocycles. The second-order valence-electron chi connectivity index (χ2n) is 5.04. The number of anilines is 1. The topological polar surface area (TPSA) is 29.3 Å². The molecule has 0 radical (unpaired) electrons. The molecule has 2 N–H and O–H groups in total. The van der Waals surface area contributed by atoms with Gasteiger partial charge in [-0.1, -0.05) is 36.4 Å². The largest absolute Gasteiger partial charge is 0.396 e. The van der Waals surface area contributed by atoms with E-state index in [1.807, 2.05) is 6.07 Å². The molecule has 19 heavy (non-hydrogen) atoms. The Kier molecular flexibility index (Phi) is 3.22. The number of benzene rings is 2. The first-order valence-electron chi connectivity index (χ1n) is 6.56. The van der Waals surface area contributed by atoms with E-state index in [4.69, 9.17) is 5.73 Å². The molecule has 1 heterocycles. The van der Waals surface area contributed by atoms with Gasteiger partial charge in [0.05, 0.1) is 5.69 Å². The van der Waals surface area contributed by atoms with Crippen LogP contribution in [0.25, 0.3) is 0 Å². The summed E-state index contributed by atoms with van der Waals surface area (Å²) >= 11 is 0. The molecule has 0 fully saturated rings. The second kappa shape index (κ2) is 5.02. The lowest BCUT2D eigenvalue weighted by atomic mass is 9.99. The van der Waals surface area contributed by atoms with Gasteiger partial charge in [-0.3, -0.25) is 4.90 Å². The Bertz CT molecular complexity index is 595. The van der Waals surface area contributed by atoms with Gasteiger partial charge in [0.25, 0.3) is 0 Å². The van der Waals surface area contributed by atoms with Crippen LogP contribution in [-0.4, -0.2) is 11.4 Å². The van der Waals surface area contributed by atoms with Crippen LogP contribution in [0.1, 0.15) is 16.7 Å². The molecular formula is C16H17FN2. The molecule has 0 spiro atoms. The Labute approximate surface area is 112 Å². The minimum Gasteiger partial charge on any atom is -0.396 e. The maximum absolute atomic E-state index is 13.4. The van der Waals surface area contributed by atoms with Crippen LogP contribution in [0.3, 0.4) is 0 Å². The average Bonchev–Trinajstić information content (AvgIpc) is 2.44. The first-order chi connectivity index (χ1) is 9.24. The average molecular weight is 256 g/mol. The van der Waals surface area contributed by atoms with Crippen LogP contribution in [-0.2, 0) is 19.5 Å². The number of hydrogen-bond donors (Lipinski definition) is 1. The Morgan fingerprint density at radius 2 is 1.84 bits per heavy atom. The van der Waals surface area contributed by atoms with E-state index in [2.05, 4.69) is 29.2 Å². The van der Waals surface area contributed by atoms with Crippen molar-refractivity contribution in [2.24, 2.45) is 0 Å². The lowest BCUT2D eigenvalue weighted by Gasteiger charge is -2.29. The molecule has 0 bridgehead atoms. The van der Waals surface area contributed by atoms with Crippen LogP contribution in [0.4, 0.5) is 10.1 Å². The fourth-order valence-corrected chi connectivity index (χ4v) is 2.65. The van der Waals surface area contributed by atoms with Gasteiger partial charge in [0.15, 0.2) is 0 Å². The molecule has 3 rings (SSSR count). The van der Waals surface area contributed by atoms with Gasteiger partial charge in [0, 0.05) is 19.6 Å². The molecule has 0 saturated heterocycles. The van der Waals surface area contributed by atoms with E-state index < -0.39 is 0 Å². The molecule has 0 aliphatic carbocycles. The first kappa shape index (κ1) is 12.2. The van der Waals surface area contributed by atoms with Crippen molar-refractivity contribution in [2.75, 3.05) is 12.3 Å². The van der Waals surface area contributed by atoms with E-state index >= 15 is 0 Å². The van der Waals surface area contributed by atoms with Crippen LogP contribution in [0.5, 0.6) is 0 Å². The van der Waals surface area contributed by atoms with Gasteiger partial charge < -0.3 is 5.73 Å². The molecule has 3 heteroatoms. The van der Waals surface area contributed by atoms with Crippen molar-refractivity contribution in [1.29, 1.82) is 0 Å². The van der Waals surface area contributed by atoms with Crippen molar-refractivity contribution in [2.45, 2.75) is 19.5 Å². The molecular weight excluding hydrogens is 239 g/mol. The molecule has 1 aliphatic heterocycles. The zero-order valence-electron chi connectivity index (χ0n) is 10.8. The number of nitrogens with zero attached hydrogens (tertiary/aromatic N) is 1. The third kappa shape index (κ3) is 2.47. The number of fused-ring (bicyclic) bond motifs is 1. The van der Waals surface area contributed by atoms with Crippen LogP contribution in [0, 0.1) is 5.82 Å². The lowest BCUT2D eigenvalue weighted by Crippen LogP contribution is -2.30. The van der Waals surface area contributed by atoms with Crippen LogP contribution < -0.4 is 5.73 Å². The number of halogens is 1. The van der Waals surface area contributed by atoms with Gasteiger partial charge in [-0.05, 0) is 29.2 Å². The summed E-state index contributed by atoms with van der Waals surface area (Å²) in [5, 5.41) is 0. The minimum atomic E-state index is -0.324. The van der Waals surface area contributed by atoms with Crippen molar-refractivity contribution in [1.82, 2.24) is 4.90 Å². The number of para-hydroxylation sites is 1. The second-order valence-corrected chi connectivity index (χ2v) is 5.04. The molecule has 98 valence electrons. The van der Waals surface area contributed by atoms with E-state index in [9.17, 15) is 4.39 Å². The van der Waals surface area contributed by atoms with Gasteiger partial charge in [0.2, 0.25) is 0 Å². The summed E-state index contributed by atoms with van der Waals surface area (Å²) in [6.07, 6.45) is 1.05. The Hall–Kier alpha value is -1.87. The van der Waals surface area contributed by atoms with Crippen LogP contribution in [0.15, 0.2) is 42.5 Å². The highest BCUT2D eigenvalue weighted by Crippen LogP contribution is 2.23. The van der Waals surface area contributed by atoms with Gasteiger partial charge in [-0.2, -0.15) is 0 Å². The van der Waals surface area contributed by atoms with Crippen molar-refractivity contribution >= 4 is 5.69 Å². The van der Waals surface area contributed by atoms with E-state index in [0.717, 1.165) is 25.1 Å². The summed E-state index contributed by atoms with van der Waals surface area (Å²) in [7, 11) is 0. The van der Waals surface area contributed by atoms with Crippen molar-refractivity contribution in [3.8, 4) is 0 Å². The molecule has 2 aromatic rings. The first-order valence-corrected chi connectivity index (χ1v) is 6.56. The lowest BCUT2D eigenvalue weighted by molar-refractivity contribution is 0.246. The Morgan fingerprint density at radius 1 is 1.05 bits per heavy atom. The summed E-state index contributed by atoms with van der Waals surface area (Å²) in [5.74, 6) is -0.324. The van der Waals surface area contributed by atoms with E-state index in [-0.39, 0.29) is 11.5 Å². The van der Waals surface area contributed by atoms with E-state index in [0.29, 0.717) is 6.54 Å². The van der Waals surface area contributed by atoms with Gasteiger partial charge in [-0.15, -0.1) is 0 Å². The minimum absolute atomic E-state index is 0.279. The third-order valence-corrected chi connectivity index (χ3v) is 3.75. The fourth-order valence-electron chi connectivity index (χ4n) is 2.65. The van der Waals surface area contributed by atoms with Crippen molar-refractivity contribution < 1.29 is 4.39 Å². The van der Waals surface area contributed by atoms with Crippen molar-refractivity contribution in [3.05, 3.63) is 65.0 Å². The van der Waals surface area contributed by atoms with Crippen molar-refractivity contribution in [3.63, 3.8) is 0 Å². The predicted octanol–water partition coefficient (Wildman–Crippen LogP) is 2.97. The highest BCUT2D eigenvalue weighted by Gasteiger charge is 2.17. The molecule has 0 aromatic heterocycles. The summed E-state index contributed by atoms with van der Waals surface area (Å²) in [6, 6.07) is 13.5. The smallest absolute Gasteiger partial charge is 0.146 e. The highest BCUT2D eigenvalue weighted by molar-refractivity contribution is 5.47. The summed E-state index contributed by atoms with van der Waals surface area (Å²) in [6.45, 7) is 2.61. The Morgan fingerprint density at radius 3 is 2.68 bits per heavy atom. The van der Waals surface area contributed by atoms with E-state index in [1.165, 1.54) is 17.2 Å². The summed E-state index contributed by atoms with van der Waals surface area (Å²) in [5.41, 5.74) is 9.73. The van der Waals surface area contributed by atoms with Crippen LogP contribution >= 0.6 is 0 Å². The fraction of sp³-hybridized carbons (Fsp3) is 0.250. The Balaban J connectivity index is 1.77. The molecule has 2 nitrogen and oxygen atoms in total. The number of hydrogen-bond acceptors (Lipinski definition) is 2. The molecule has 2 aromatic carbocycles. The highest BCUT2D eigenvalue weighted by atomic mass is 19.1. The standard InChI is InChI=1S/C16H17FN2/c17-15-7-3-6-14(16(15)18)11-19-9-8-12-4-1-2-5-13(12)10-19/h1-7H,8-11,18H2. The molecule has 0 unspecified atom stereocenters. The zero-order chi connectivity index (χ0) is 13.2. The maximum Gasteiger partial charge on any atom is 0.146 e. The number of nitrogens with two attached hydrogens (primary N) is 1. The third-order valence-electron chi connectivity index (χ3n) is 3.75. The maximum atomic E-state index is 13.4. The monoisotopic (exact) mass is 256 g/mol. The quantitative estimate of drug-likeness (QED) is 0.837. The molecule has 1 aliphatic rings. The summed E-state index contributed by atoms with van der Waals surface area (Å²) < 4.78 is 13.4. The van der Waals surface area contributed by atoms with Crippen LogP contribution in [0.2, 0.25) is 0 Å². The van der Waals surface area contributed by atoms with Gasteiger partial charge in [-0.25, -0.2) is 4.39 Å². The summed E-state index contributed by atoms with van der Waals surface area (Å²) in [4.78, 5) is 2.31. The SMILES string of the molecule is Nc1c(F)cccc1CN1CCc2ccccc2C1. The number of nitrogen functional groups attached to an aromatic ring is 1. The molecule has 0 atom stereocenters. The predicted molar refractivity (Wildman–Crippen MR) is 75.1 cm³/mol. The van der Waals surface area contributed by atoms with Gasteiger partial charge >= 0.3 is 0 Å². The van der Waals surface area contributed by atoms with E-state index in [1.54, 1.807) is 6.07 Å². The normalized spacial score (nSPS) is 15.2.